The van der Waals surface area contributed by atoms with E-state index in [0.717, 1.165) is 16.5 Å². The van der Waals surface area contributed by atoms with E-state index in [4.69, 9.17) is 5.11 Å². The van der Waals surface area contributed by atoms with Crippen molar-refractivity contribution in [2.24, 2.45) is 0 Å². The number of H-pyrrole nitrogens is 1. The highest BCUT2D eigenvalue weighted by Crippen LogP contribution is 2.26. The van der Waals surface area contributed by atoms with Gasteiger partial charge >= 0.3 is 5.97 Å². The summed E-state index contributed by atoms with van der Waals surface area (Å²) in [7, 11) is 0. The van der Waals surface area contributed by atoms with Crippen LogP contribution in [0.5, 0.6) is 0 Å². The largest absolute Gasteiger partial charge is 0.481 e. The number of aromatic amines is 1. The first kappa shape index (κ1) is 12.4. The van der Waals surface area contributed by atoms with Gasteiger partial charge in [-0.3, -0.25) is 14.9 Å². The molecule has 1 aromatic carbocycles. The fourth-order valence-corrected chi connectivity index (χ4v) is 2.38. The van der Waals surface area contributed by atoms with Crippen LogP contribution in [0.4, 0.5) is 5.69 Å². The Morgan fingerprint density at radius 3 is 2.94 bits per heavy atom. The van der Waals surface area contributed by atoms with Crippen LogP contribution >= 0.6 is 11.8 Å². The number of carboxylic acid groups (broad SMARTS) is 1. The van der Waals surface area contributed by atoms with Gasteiger partial charge in [0.15, 0.2) is 0 Å². The predicted molar refractivity (Wildman–Crippen MR) is 68.8 cm³/mol. The molecule has 2 rings (SSSR count). The summed E-state index contributed by atoms with van der Waals surface area (Å²) in [4.78, 5) is 23.7. The molecule has 0 bridgehead atoms. The molecule has 0 amide bonds. The summed E-state index contributed by atoms with van der Waals surface area (Å²) < 4.78 is 0. The highest BCUT2D eigenvalue weighted by molar-refractivity contribution is 7.99. The van der Waals surface area contributed by atoms with E-state index in [1.54, 1.807) is 12.3 Å². The Morgan fingerprint density at radius 1 is 1.50 bits per heavy atom. The van der Waals surface area contributed by atoms with Crippen LogP contribution in [0.2, 0.25) is 0 Å². The molecule has 6 nitrogen and oxygen atoms in total. The zero-order valence-electron chi connectivity index (χ0n) is 9.25. The Morgan fingerprint density at radius 2 is 2.28 bits per heavy atom. The molecule has 94 valence electrons. The summed E-state index contributed by atoms with van der Waals surface area (Å²) in [6, 6.07) is 4.59. The number of benzene rings is 1. The van der Waals surface area contributed by atoms with Crippen molar-refractivity contribution < 1.29 is 14.8 Å². The van der Waals surface area contributed by atoms with Crippen molar-refractivity contribution in [3.8, 4) is 0 Å². The van der Waals surface area contributed by atoms with E-state index in [9.17, 15) is 14.9 Å². The summed E-state index contributed by atoms with van der Waals surface area (Å²) in [6.07, 6.45) is 1.75. The number of hydrogen-bond acceptors (Lipinski definition) is 4. The second-order valence-corrected chi connectivity index (χ2v) is 4.67. The van der Waals surface area contributed by atoms with Gasteiger partial charge in [0, 0.05) is 35.0 Å². The summed E-state index contributed by atoms with van der Waals surface area (Å²) >= 11 is 1.26. The number of nitrogens with zero attached hydrogens (tertiary/aromatic N) is 1. The average molecular weight is 266 g/mol. The zero-order chi connectivity index (χ0) is 13.1. The number of non-ortho nitro benzene ring substituents is 1. The van der Waals surface area contributed by atoms with Crippen LogP contribution in [0.3, 0.4) is 0 Å². The number of carboxylic acids is 1. The van der Waals surface area contributed by atoms with Crippen molar-refractivity contribution in [2.75, 3.05) is 5.75 Å². The van der Waals surface area contributed by atoms with Gasteiger partial charge in [-0.25, -0.2) is 0 Å². The Hall–Kier alpha value is -2.02. The number of fused-ring (bicyclic) bond motifs is 1. The molecule has 0 aliphatic carbocycles. The maximum Gasteiger partial charge on any atom is 0.313 e. The molecular formula is C11H10N2O4S. The van der Waals surface area contributed by atoms with E-state index in [2.05, 4.69) is 4.98 Å². The Balaban J connectivity index is 2.25. The molecule has 0 unspecified atom stereocenters. The van der Waals surface area contributed by atoms with Crippen LogP contribution in [0.15, 0.2) is 24.4 Å². The van der Waals surface area contributed by atoms with E-state index < -0.39 is 10.9 Å². The van der Waals surface area contributed by atoms with Crippen molar-refractivity contribution in [2.45, 2.75) is 5.75 Å². The van der Waals surface area contributed by atoms with Gasteiger partial charge in [-0.2, -0.15) is 0 Å². The summed E-state index contributed by atoms with van der Waals surface area (Å²) in [5, 5.41) is 20.0. The molecule has 0 fully saturated rings. The molecule has 18 heavy (non-hydrogen) atoms. The van der Waals surface area contributed by atoms with Gasteiger partial charge in [0.1, 0.15) is 0 Å². The van der Waals surface area contributed by atoms with Crippen LogP contribution in [0.1, 0.15) is 5.56 Å². The topological polar surface area (TPSA) is 96.2 Å². The molecule has 7 heteroatoms. The summed E-state index contributed by atoms with van der Waals surface area (Å²) in [5.41, 5.74) is 1.72. The van der Waals surface area contributed by atoms with Gasteiger partial charge in [0.05, 0.1) is 10.7 Å². The van der Waals surface area contributed by atoms with Crippen LogP contribution < -0.4 is 0 Å². The fraction of sp³-hybridized carbons (Fsp3) is 0.182. The fourth-order valence-electron chi connectivity index (χ4n) is 1.65. The number of hydrogen-bond donors (Lipinski definition) is 2. The number of carbonyl (C=O) groups is 1. The summed E-state index contributed by atoms with van der Waals surface area (Å²) in [6.45, 7) is 0. The van der Waals surface area contributed by atoms with Crippen LogP contribution in [0, 0.1) is 10.1 Å². The number of nitro benzene ring substituents is 1. The third kappa shape index (κ3) is 2.62. The molecule has 0 saturated carbocycles. The predicted octanol–water partition coefficient (Wildman–Crippen LogP) is 2.39. The smallest absolute Gasteiger partial charge is 0.313 e. The van der Waals surface area contributed by atoms with Crippen molar-refractivity contribution in [1.29, 1.82) is 0 Å². The quantitative estimate of drug-likeness (QED) is 0.639. The first-order valence-corrected chi connectivity index (χ1v) is 6.27. The minimum absolute atomic E-state index is 0.0155. The molecule has 0 atom stereocenters. The van der Waals surface area contributed by atoms with Gasteiger partial charge in [-0.05, 0) is 11.6 Å². The molecule has 0 radical (unpaired) electrons. The normalized spacial score (nSPS) is 10.7. The molecule has 1 aromatic heterocycles. The molecule has 1 heterocycles. The minimum Gasteiger partial charge on any atom is -0.481 e. The van der Waals surface area contributed by atoms with E-state index in [1.807, 2.05) is 0 Å². The number of aliphatic carboxylic acids is 1. The lowest BCUT2D eigenvalue weighted by molar-refractivity contribution is -0.384. The first-order chi connectivity index (χ1) is 8.58. The summed E-state index contributed by atoms with van der Waals surface area (Å²) in [5.74, 6) is -0.347. The van der Waals surface area contributed by atoms with Crippen LogP contribution in [-0.4, -0.2) is 26.7 Å². The lowest BCUT2D eigenvalue weighted by Gasteiger charge is -1.98. The highest BCUT2D eigenvalue weighted by atomic mass is 32.2. The van der Waals surface area contributed by atoms with Crippen molar-refractivity contribution in [1.82, 2.24) is 4.98 Å². The number of aromatic nitrogens is 1. The van der Waals surface area contributed by atoms with Crippen LogP contribution in [-0.2, 0) is 10.5 Å². The molecule has 0 saturated heterocycles. The lowest BCUT2D eigenvalue weighted by Crippen LogP contribution is -1.97. The lowest BCUT2D eigenvalue weighted by atomic mass is 10.2. The number of rotatable bonds is 5. The van der Waals surface area contributed by atoms with Gasteiger partial charge in [-0.15, -0.1) is 11.8 Å². The second-order valence-electron chi connectivity index (χ2n) is 3.69. The molecule has 0 spiro atoms. The van der Waals surface area contributed by atoms with Gasteiger partial charge in [0.2, 0.25) is 0 Å². The molecule has 0 aliphatic heterocycles. The number of nitro groups is 1. The Labute approximate surface area is 106 Å². The maximum absolute atomic E-state index is 10.7. The van der Waals surface area contributed by atoms with Crippen molar-refractivity contribution in [3.05, 3.63) is 40.1 Å². The first-order valence-electron chi connectivity index (χ1n) is 5.12. The average Bonchev–Trinajstić information content (AvgIpc) is 2.71. The maximum atomic E-state index is 10.7. The van der Waals surface area contributed by atoms with Crippen LogP contribution in [0.25, 0.3) is 10.9 Å². The SMILES string of the molecule is O=C(O)CSCc1c[nH]c2ccc([N+](=O)[O-])cc12. The third-order valence-electron chi connectivity index (χ3n) is 2.44. The van der Waals surface area contributed by atoms with Gasteiger partial charge < -0.3 is 10.1 Å². The van der Waals surface area contributed by atoms with E-state index in [1.165, 1.54) is 23.9 Å². The van der Waals surface area contributed by atoms with E-state index >= 15 is 0 Å². The Kier molecular flexibility index (Phi) is 3.52. The number of nitrogens with one attached hydrogen (secondary N) is 1. The van der Waals surface area contributed by atoms with Gasteiger partial charge in [-0.1, -0.05) is 0 Å². The Bertz CT molecular complexity index is 608. The van der Waals surface area contributed by atoms with Gasteiger partial charge in [0.25, 0.3) is 5.69 Å². The van der Waals surface area contributed by atoms with E-state index in [0.29, 0.717) is 5.75 Å². The monoisotopic (exact) mass is 266 g/mol. The second kappa shape index (κ2) is 5.09. The minimum atomic E-state index is -0.870. The highest BCUT2D eigenvalue weighted by Gasteiger charge is 2.10. The molecule has 2 N–H and O–H groups in total. The van der Waals surface area contributed by atoms with Crippen molar-refractivity contribution in [3.63, 3.8) is 0 Å². The molecular weight excluding hydrogens is 256 g/mol. The molecule has 2 aromatic rings. The van der Waals surface area contributed by atoms with Crippen molar-refractivity contribution >= 4 is 34.3 Å². The van der Waals surface area contributed by atoms with E-state index in [-0.39, 0.29) is 11.4 Å². The standard InChI is InChI=1S/C11H10N2O4S/c14-11(15)6-18-5-7-4-12-10-2-1-8(13(16)17)3-9(7)10/h1-4,12H,5-6H2,(H,14,15). The number of thioether (sulfide) groups is 1. The zero-order valence-corrected chi connectivity index (χ0v) is 10.1. The molecule has 0 aliphatic rings. The third-order valence-corrected chi connectivity index (χ3v) is 3.41.